The number of nitrogens with one attached hydrogen (secondary N) is 1. The van der Waals surface area contributed by atoms with Crippen LogP contribution in [-0.2, 0) is 14.6 Å². The third kappa shape index (κ3) is 3.18. The second kappa shape index (κ2) is 6.26. The summed E-state index contributed by atoms with van der Waals surface area (Å²) >= 11 is 0. The summed E-state index contributed by atoms with van der Waals surface area (Å²) in [7, 11) is -3.26. The van der Waals surface area contributed by atoms with Crippen LogP contribution in [0.1, 0.15) is 18.4 Å². The number of amides is 3. The highest BCUT2D eigenvalue weighted by Crippen LogP contribution is 2.35. The fourth-order valence-electron chi connectivity index (χ4n) is 3.94. The van der Waals surface area contributed by atoms with Gasteiger partial charge in [-0.2, -0.15) is 0 Å². The second-order valence-corrected chi connectivity index (χ2v) is 9.61. The van der Waals surface area contributed by atoms with Gasteiger partial charge >= 0.3 is 6.03 Å². The molecule has 8 heteroatoms. The van der Waals surface area contributed by atoms with Gasteiger partial charge in [0.1, 0.15) is 0 Å². The highest BCUT2D eigenvalue weighted by atomic mass is 32.2. The molecule has 4 rings (SSSR count). The number of para-hydroxylation sites is 1. The molecule has 0 spiro atoms. The van der Waals surface area contributed by atoms with E-state index >= 15 is 0 Å². The second-order valence-electron chi connectivity index (χ2n) is 7.46. The van der Waals surface area contributed by atoms with Gasteiger partial charge in [-0.1, -0.05) is 18.2 Å². The van der Waals surface area contributed by atoms with Gasteiger partial charge in [0.25, 0.3) is 0 Å². The summed E-state index contributed by atoms with van der Waals surface area (Å²) < 4.78 is 24.5. The average Bonchev–Trinajstić information content (AvgIpc) is 3.37. The molecule has 1 aromatic rings. The van der Waals surface area contributed by atoms with Crippen LogP contribution in [-0.4, -0.2) is 66.8 Å². The summed E-state index contributed by atoms with van der Waals surface area (Å²) in [6.07, 6.45) is 1.77. The first kappa shape index (κ1) is 17.3. The normalized spacial score (nSPS) is 27.1. The molecule has 0 unspecified atom stereocenters. The number of benzene rings is 1. The number of hydrogen-bond donors (Lipinski definition) is 1. The van der Waals surface area contributed by atoms with Crippen LogP contribution in [0, 0.1) is 12.8 Å². The number of carbonyl (C=O) groups excluding carboxylic acids is 2. The summed E-state index contributed by atoms with van der Waals surface area (Å²) in [4.78, 5) is 28.7. The molecule has 2 saturated heterocycles. The Balaban J connectivity index is 1.55. The number of fused-ring (bicyclic) bond motifs is 1. The molecular weight excluding hydrogens is 354 g/mol. The Bertz CT molecular complexity index is 850. The zero-order valence-electron chi connectivity index (χ0n) is 14.7. The quantitative estimate of drug-likeness (QED) is 0.840. The van der Waals surface area contributed by atoms with Crippen molar-refractivity contribution in [1.82, 2.24) is 9.80 Å². The van der Waals surface area contributed by atoms with Gasteiger partial charge in [-0.15, -0.1) is 0 Å². The van der Waals surface area contributed by atoms with Crippen LogP contribution >= 0.6 is 0 Å². The van der Waals surface area contributed by atoms with Crippen LogP contribution in [0.2, 0.25) is 0 Å². The first-order chi connectivity index (χ1) is 12.4. The Morgan fingerprint density at radius 2 is 1.65 bits per heavy atom. The van der Waals surface area contributed by atoms with Crippen LogP contribution < -0.4 is 5.32 Å². The molecule has 1 saturated carbocycles. The lowest BCUT2D eigenvalue weighted by molar-refractivity contribution is -0.137. The van der Waals surface area contributed by atoms with Gasteiger partial charge in [-0.25, -0.2) is 13.2 Å². The van der Waals surface area contributed by atoms with E-state index in [0.717, 1.165) is 18.4 Å². The lowest BCUT2D eigenvalue weighted by Gasteiger charge is -2.43. The molecular formula is C18H23N3O4S. The summed E-state index contributed by atoms with van der Waals surface area (Å²) in [6, 6.07) is 6.27. The summed E-state index contributed by atoms with van der Waals surface area (Å²) in [5, 5.41) is 2.89. The zero-order chi connectivity index (χ0) is 18.5. The molecule has 0 bridgehead atoms. The van der Waals surface area contributed by atoms with Crippen molar-refractivity contribution < 1.29 is 18.0 Å². The van der Waals surface area contributed by atoms with E-state index in [1.807, 2.05) is 31.2 Å². The summed E-state index contributed by atoms with van der Waals surface area (Å²) in [6.45, 7) is 2.66. The van der Waals surface area contributed by atoms with Crippen molar-refractivity contribution in [2.75, 3.05) is 29.9 Å². The lowest BCUT2D eigenvalue weighted by atomic mass is 10.0. The van der Waals surface area contributed by atoms with E-state index in [1.165, 1.54) is 0 Å². The Hall–Kier alpha value is -2.09. The average molecular weight is 377 g/mol. The van der Waals surface area contributed by atoms with Crippen LogP contribution in [0.5, 0.6) is 0 Å². The first-order valence-corrected chi connectivity index (χ1v) is 10.8. The molecule has 0 aromatic heterocycles. The smallest absolute Gasteiger partial charge is 0.322 e. The number of urea groups is 1. The monoisotopic (exact) mass is 377 g/mol. The third-order valence-corrected chi connectivity index (χ3v) is 7.23. The van der Waals surface area contributed by atoms with Crippen LogP contribution in [0.4, 0.5) is 10.5 Å². The summed E-state index contributed by atoms with van der Waals surface area (Å²) in [5.74, 6) is -0.0280. The number of anilines is 1. The predicted octanol–water partition coefficient (Wildman–Crippen LogP) is 1.25. The predicted molar refractivity (Wildman–Crippen MR) is 97.6 cm³/mol. The molecule has 140 valence electrons. The first-order valence-electron chi connectivity index (χ1n) is 9.00. The van der Waals surface area contributed by atoms with Crippen LogP contribution in [0.3, 0.4) is 0 Å². The van der Waals surface area contributed by atoms with Gasteiger partial charge < -0.3 is 15.1 Å². The van der Waals surface area contributed by atoms with Gasteiger partial charge in [-0.05, 0) is 31.4 Å². The van der Waals surface area contributed by atoms with Gasteiger partial charge in [-0.3, -0.25) is 4.79 Å². The van der Waals surface area contributed by atoms with Crippen molar-refractivity contribution in [3.05, 3.63) is 29.8 Å². The van der Waals surface area contributed by atoms with Gasteiger partial charge in [0.05, 0.1) is 23.6 Å². The molecule has 1 N–H and O–H groups in total. The minimum Gasteiger partial charge on any atom is -0.335 e. The standard InChI is InChI=1S/C18H23N3O4S/c1-12-4-2-3-5-14(12)19-18(23)21-9-8-20(17(22)13-6-7-13)15-10-26(24,25)11-16(15)21/h2-5,13,15-16H,6-11H2,1H3,(H,19,23)/t15-,16+/m1/s1. The minimum atomic E-state index is -3.26. The molecule has 3 amide bonds. The van der Waals surface area contributed by atoms with E-state index in [1.54, 1.807) is 9.80 Å². The molecule has 2 aliphatic heterocycles. The van der Waals surface area contributed by atoms with E-state index in [4.69, 9.17) is 0 Å². The van der Waals surface area contributed by atoms with E-state index < -0.39 is 21.9 Å². The van der Waals surface area contributed by atoms with E-state index in [0.29, 0.717) is 18.8 Å². The number of sulfone groups is 1. The highest BCUT2D eigenvalue weighted by molar-refractivity contribution is 7.91. The molecule has 2 atom stereocenters. The highest BCUT2D eigenvalue weighted by Gasteiger charge is 2.51. The van der Waals surface area contributed by atoms with Crippen molar-refractivity contribution in [3.8, 4) is 0 Å². The Labute approximate surface area is 153 Å². The zero-order valence-corrected chi connectivity index (χ0v) is 15.5. The molecule has 7 nitrogen and oxygen atoms in total. The Kier molecular flexibility index (Phi) is 4.17. The fourth-order valence-corrected chi connectivity index (χ4v) is 5.92. The molecule has 1 aliphatic carbocycles. The van der Waals surface area contributed by atoms with E-state index in [9.17, 15) is 18.0 Å². The van der Waals surface area contributed by atoms with E-state index in [-0.39, 0.29) is 29.4 Å². The fraction of sp³-hybridized carbons (Fsp3) is 0.556. The maximum atomic E-state index is 12.8. The van der Waals surface area contributed by atoms with Gasteiger partial charge in [0, 0.05) is 24.7 Å². The van der Waals surface area contributed by atoms with Crippen molar-refractivity contribution in [3.63, 3.8) is 0 Å². The molecule has 2 heterocycles. The minimum absolute atomic E-state index is 0.0475. The van der Waals surface area contributed by atoms with Gasteiger partial charge in [0.15, 0.2) is 9.84 Å². The Morgan fingerprint density at radius 1 is 1.04 bits per heavy atom. The van der Waals surface area contributed by atoms with Crippen LogP contribution in [0.25, 0.3) is 0 Å². The summed E-state index contributed by atoms with van der Waals surface area (Å²) in [5.41, 5.74) is 1.66. The van der Waals surface area contributed by atoms with Crippen molar-refractivity contribution in [1.29, 1.82) is 0 Å². The van der Waals surface area contributed by atoms with Crippen molar-refractivity contribution in [2.24, 2.45) is 5.92 Å². The van der Waals surface area contributed by atoms with Crippen molar-refractivity contribution in [2.45, 2.75) is 31.8 Å². The topological polar surface area (TPSA) is 86.8 Å². The largest absolute Gasteiger partial charge is 0.335 e. The molecule has 0 radical (unpaired) electrons. The van der Waals surface area contributed by atoms with Gasteiger partial charge in [0.2, 0.25) is 5.91 Å². The molecule has 26 heavy (non-hydrogen) atoms. The molecule has 3 fully saturated rings. The maximum absolute atomic E-state index is 12.8. The van der Waals surface area contributed by atoms with Crippen LogP contribution in [0.15, 0.2) is 24.3 Å². The lowest BCUT2D eigenvalue weighted by Crippen LogP contribution is -2.62. The van der Waals surface area contributed by atoms with E-state index in [2.05, 4.69) is 5.32 Å². The number of piperazine rings is 1. The Morgan fingerprint density at radius 3 is 2.31 bits per heavy atom. The SMILES string of the molecule is Cc1ccccc1NC(=O)N1CCN(C(=O)C2CC2)[C@@H]2CS(=O)(=O)C[C@@H]21. The third-order valence-electron chi connectivity index (χ3n) is 5.53. The molecule has 1 aromatic carbocycles. The number of hydrogen-bond acceptors (Lipinski definition) is 4. The number of aryl methyl sites for hydroxylation is 1. The van der Waals surface area contributed by atoms with Crippen molar-refractivity contribution >= 4 is 27.5 Å². The number of carbonyl (C=O) groups is 2. The number of rotatable bonds is 2. The molecule has 3 aliphatic rings. The maximum Gasteiger partial charge on any atom is 0.322 e. The number of nitrogens with zero attached hydrogens (tertiary/aromatic N) is 2.